The van der Waals surface area contributed by atoms with Crippen LogP contribution in [0.25, 0.3) is 0 Å². The first-order valence-corrected chi connectivity index (χ1v) is 8.37. The van der Waals surface area contributed by atoms with Gasteiger partial charge in [0, 0.05) is 17.7 Å². The fourth-order valence-corrected chi connectivity index (χ4v) is 2.57. The minimum Gasteiger partial charge on any atom is -0.467 e. The Morgan fingerprint density at radius 2 is 1.54 bits per heavy atom. The molecule has 0 radical (unpaired) electrons. The molecule has 0 saturated carbocycles. The summed E-state index contributed by atoms with van der Waals surface area (Å²) >= 11 is 0. The number of hydrogen-bond acceptors (Lipinski definition) is 3. The van der Waals surface area contributed by atoms with Crippen molar-refractivity contribution in [3.8, 4) is 0 Å². The number of carbonyl (C=O) groups excluding carboxylic acids is 2. The fraction of sp³-hybridized carbons (Fsp3) is 0.143. The van der Waals surface area contributed by atoms with Gasteiger partial charge in [-0.3, -0.25) is 9.59 Å². The van der Waals surface area contributed by atoms with E-state index in [1.165, 1.54) is 0 Å². The lowest BCUT2D eigenvalue weighted by Crippen LogP contribution is -2.25. The summed E-state index contributed by atoms with van der Waals surface area (Å²) in [7, 11) is 0. The average molecular weight is 348 g/mol. The molecule has 2 N–H and O–H groups in total. The molecule has 5 heteroatoms. The number of hydrogen-bond donors (Lipinski definition) is 2. The minimum atomic E-state index is -0.255. The molecule has 0 bridgehead atoms. The molecule has 0 spiro atoms. The van der Waals surface area contributed by atoms with E-state index in [0.29, 0.717) is 30.0 Å². The summed E-state index contributed by atoms with van der Waals surface area (Å²) in [5, 5.41) is 5.66. The van der Waals surface area contributed by atoms with Crippen molar-refractivity contribution in [1.82, 2.24) is 10.6 Å². The molecule has 0 aliphatic rings. The lowest BCUT2D eigenvalue weighted by Gasteiger charge is -2.09. The van der Waals surface area contributed by atoms with Crippen molar-refractivity contribution in [2.75, 3.05) is 0 Å². The zero-order chi connectivity index (χ0) is 18.4. The van der Waals surface area contributed by atoms with Crippen LogP contribution in [-0.2, 0) is 13.1 Å². The van der Waals surface area contributed by atoms with E-state index >= 15 is 0 Å². The third-order valence-corrected chi connectivity index (χ3v) is 4.09. The molecule has 0 atom stereocenters. The number of rotatable bonds is 6. The van der Waals surface area contributed by atoms with Gasteiger partial charge in [-0.15, -0.1) is 0 Å². The first-order valence-electron chi connectivity index (χ1n) is 8.37. The van der Waals surface area contributed by atoms with Crippen LogP contribution >= 0.6 is 0 Å². The second-order valence-electron chi connectivity index (χ2n) is 5.95. The standard InChI is InChI=1S/C21H20N2O3/c1-15-6-2-3-7-18(15)13-22-20(24)16-8-4-9-17(12-16)21(25)23-14-19-10-5-11-26-19/h2-12H,13-14H2,1H3,(H,22,24)(H,23,25). The van der Waals surface area contributed by atoms with Crippen molar-refractivity contribution < 1.29 is 14.0 Å². The second-order valence-corrected chi connectivity index (χ2v) is 5.95. The molecular weight excluding hydrogens is 328 g/mol. The topological polar surface area (TPSA) is 71.3 Å². The molecule has 0 fully saturated rings. The predicted molar refractivity (Wildman–Crippen MR) is 98.7 cm³/mol. The zero-order valence-corrected chi connectivity index (χ0v) is 14.5. The highest BCUT2D eigenvalue weighted by atomic mass is 16.3. The van der Waals surface area contributed by atoms with E-state index in [1.807, 2.05) is 31.2 Å². The zero-order valence-electron chi connectivity index (χ0n) is 14.5. The van der Waals surface area contributed by atoms with Crippen LogP contribution in [0.5, 0.6) is 0 Å². The Bertz CT molecular complexity index is 901. The van der Waals surface area contributed by atoms with Crippen LogP contribution in [0.1, 0.15) is 37.6 Å². The average Bonchev–Trinajstić information content (AvgIpc) is 3.19. The fourth-order valence-electron chi connectivity index (χ4n) is 2.57. The molecule has 3 aromatic rings. The lowest BCUT2D eigenvalue weighted by molar-refractivity contribution is 0.0948. The second kappa shape index (κ2) is 8.16. The van der Waals surface area contributed by atoms with Gasteiger partial charge < -0.3 is 15.1 Å². The Kier molecular flexibility index (Phi) is 5.49. The van der Waals surface area contributed by atoms with Gasteiger partial charge in [0.05, 0.1) is 12.8 Å². The number of amides is 2. The summed E-state index contributed by atoms with van der Waals surface area (Å²) < 4.78 is 5.19. The number of carbonyl (C=O) groups is 2. The van der Waals surface area contributed by atoms with Gasteiger partial charge in [0.25, 0.3) is 11.8 Å². The molecular formula is C21H20N2O3. The van der Waals surface area contributed by atoms with Crippen LogP contribution in [0.15, 0.2) is 71.3 Å². The molecule has 0 aliphatic heterocycles. The van der Waals surface area contributed by atoms with Gasteiger partial charge in [0.1, 0.15) is 5.76 Å². The van der Waals surface area contributed by atoms with Crippen LogP contribution in [0.4, 0.5) is 0 Å². The predicted octanol–water partition coefficient (Wildman–Crippen LogP) is 3.45. The minimum absolute atomic E-state index is 0.214. The maximum Gasteiger partial charge on any atom is 0.251 e. The Hall–Kier alpha value is -3.34. The maximum absolute atomic E-state index is 12.4. The van der Waals surface area contributed by atoms with E-state index in [1.54, 1.807) is 42.7 Å². The molecule has 0 unspecified atom stereocenters. The van der Waals surface area contributed by atoms with Crippen molar-refractivity contribution in [1.29, 1.82) is 0 Å². The van der Waals surface area contributed by atoms with Gasteiger partial charge in [-0.25, -0.2) is 0 Å². The highest BCUT2D eigenvalue weighted by molar-refractivity contribution is 5.99. The normalized spacial score (nSPS) is 10.3. The van der Waals surface area contributed by atoms with Crippen LogP contribution < -0.4 is 10.6 Å². The smallest absolute Gasteiger partial charge is 0.251 e. The van der Waals surface area contributed by atoms with Crippen molar-refractivity contribution in [2.24, 2.45) is 0 Å². The Morgan fingerprint density at radius 3 is 2.19 bits per heavy atom. The molecule has 5 nitrogen and oxygen atoms in total. The molecule has 1 heterocycles. The SMILES string of the molecule is Cc1ccccc1CNC(=O)c1cccc(C(=O)NCc2ccco2)c1. The third kappa shape index (κ3) is 4.39. The molecule has 0 aliphatic carbocycles. The first kappa shape index (κ1) is 17.5. The summed E-state index contributed by atoms with van der Waals surface area (Å²) in [4.78, 5) is 24.6. The van der Waals surface area contributed by atoms with Crippen LogP contribution in [0, 0.1) is 6.92 Å². The summed E-state index contributed by atoms with van der Waals surface area (Å²) in [6, 6.07) is 18.1. The van der Waals surface area contributed by atoms with E-state index in [4.69, 9.17) is 4.42 Å². The Labute approximate surface area is 152 Å². The van der Waals surface area contributed by atoms with Crippen molar-refractivity contribution in [3.63, 3.8) is 0 Å². The molecule has 1 aromatic heterocycles. The largest absolute Gasteiger partial charge is 0.467 e. The van der Waals surface area contributed by atoms with Gasteiger partial charge in [-0.05, 0) is 48.4 Å². The monoisotopic (exact) mass is 348 g/mol. The van der Waals surface area contributed by atoms with E-state index < -0.39 is 0 Å². The number of benzene rings is 2. The van der Waals surface area contributed by atoms with Gasteiger partial charge in [-0.1, -0.05) is 30.3 Å². The first-order chi connectivity index (χ1) is 12.6. The van der Waals surface area contributed by atoms with Crippen LogP contribution in [0.2, 0.25) is 0 Å². The van der Waals surface area contributed by atoms with Gasteiger partial charge in [0.2, 0.25) is 0 Å². The Balaban J connectivity index is 1.61. The van der Waals surface area contributed by atoms with Crippen molar-refractivity contribution in [3.05, 3.63) is 94.9 Å². The van der Waals surface area contributed by atoms with E-state index in [-0.39, 0.29) is 11.8 Å². The summed E-state index contributed by atoms with van der Waals surface area (Å²) in [5.41, 5.74) is 3.07. The van der Waals surface area contributed by atoms with E-state index in [2.05, 4.69) is 10.6 Å². The molecule has 0 saturated heterocycles. The highest BCUT2D eigenvalue weighted by Crippen LogP contribution is 2.09. The van der Waals surface area contributed by atoms with E-state index in [9.17, 15) is 9.59 Å². The molecule has 132 valence electrons. The van der Waals surface area contributed by atoms with Crippen molar-refractivity contribution >= 4 is 11.8 Å². The Morgan fingerprint density at radius 1 is 0.846 bits per heavy atom. The van der Waals surface area contributed by atoms with Crippen LogP contribution in [0.3, 0.4) is 0 Å². The molecule has 26 heavy (non-hydrogen) atoms. The molecule has 2 amide bonds. The third-order valence-electron chi connectivity index (χ3n) is 4.09. The van der Waals surface area contributed by atoms with E-state index in [0.717, 1.165) is 11.1 Å². The van der Waals surface area contributed by atoms with Gasteiger partial charge in [0.15, 0.2) is 0 Å². The summed E-state index contributed by atoms with van der Waals surface area (Å²) in [6.07, 6.45) is 1.56. The number of nitrogens with one attached hydrogen (secondary N) is 2. The highest BCUT2D eigenvalue weighted by Gasteiger charge is 2.11. The van der Waals surface area contributed by atoms with Gasteiger partial charge in [-0.2, -0.15) is 0 Å². The van der Waals surface area contributed by atoms with Gasteiger partial charge >= 0.3 is 0 Å². The quantitative estimate of drug-likeness (QED) is 0.717. The lowest BCUT2D eigenvalue weighted by atomic mass is 10.1. The molecule has 3 rings (SSSR count). The summed E-state index contributed by atoms with van der Waals surface area (Å²) in [5.74, 6) is 0.203. The molecule has 2 aromatic carbocycles. The maximum atomic E-state index is 12.4. The van der Waals surface area contributed by atoms with Crippen molar-refractivity contribution in [2.45, 2.75) is 20.0 Å². The number of furan rings is 1. The van der Waals surface area contributed by atoms with Crippen LogP contribution in [-0.4, -0.2) is 11.8 Å². The summed E-state index contributed by atoms with van der Waals surface area (Å²) in [6.45, 7) is 2.75. The number of aryl methyl sites for hydroxylation is 1.